The molecule has 34 heavy (non-hydrogen) atoms. The van der Waals surface area contributed by atoms with Crippen molar-refractivity contribution in [1.29, 1.82) is 0 Å². The summed E-state index contributed by atoms with van der Waals surface area (Å²) in [7, 11) is 0. The molecule has 0 radical (unpaired) electrons. The Morgan fingerprint density at radius 1 is 1.09 bits per heavy atom. The molecule has 2 N–H and O–H groups in total. The summed E-state index contributed by atoms with van der Waals surface area (Å²) in [6, 6.07) is 0. The third kappa shape index (κ3) is 4.68. The standard InChI is InChI=1S/C25H37N7O2/c1-25(2,16-33)20-15-32(14-13-30-9-3-4-10-30)23(28-20)18-7-11-31(12-8-18)24-19-5-6-21(34)29-22(19)26-17-27-24/h15,17-18,33H,3-14,16H2,1-2H3,(H,26,27,29,34). The fourth-order valence-corrected chi connectivity index (χ4v) is 5.39. The highest BCUT2D eigenvalue weighted by Crippen LogP contribution is 2.35. The van der Waals surface area contributed by atoms with Crippen LogP contribution in [0.25, 0.3) is 0 Å². The second-order valence-corrected chi connectivity index (χ2v) is 10.6. The molecule has 9 heteroatoms. The lowest BCUT2D eigenvalue weighted by Gasteiger charge is -2.34. The Morgan fingerprint density at radius 2 is 1.85 bits per heavy atom. The Balaban J connectivity index is 1.32. The van der Waals surface area contributed by atoms with E-state index in [0.717, 1.165) is 61.9 Å². The first-order chi connectivity index (χ1) is 16.4. The summed E-state index contributed by atoms with van der Waals surface area (Å²) >= 11 is 0. The number of aliphatic hydroxyl groups is 1. The van der Waals surface area contributed by atoms with E-state index in [2.05, 4.69) is 49.7 Å². The van der Waals surface area contributed by atoms with Crippen LogP contribution in [-0.4, -0.2) is 74.8 Å². The number of carbonyl (C=O) groups is 1. The lowest BCUT2D eigenvalue weighted by molar-refractivity contribution is -0.116. The number of amides is 1. The summed E-state index contributed by atoms with van der Waals surface area (Å²) in [5.41, 5.74) is 1.69. The molecule has 0 spiro atoms. The maximum atomic E-state index is 11.8. The summed E-state index contributed by atoms with van der Waals surface area (Å²) in [5.74, 6) is 3.20. The van der Waals surface area contributed by atoms with E-state index < -0.39 is 0 Å². The van der Waals surface area contributed by atoms with Gasteiger partial charge in [-0.1, -0.05) is 13.8 Å². The van der Waals surface area contributed by atoms with E-state index in [-0.39, 0.29) is 17.9 Å². The molecule has 0 aromatic carbocycles. The molecule has 0 aliphatic carbocycles. The number of rotatable bonds is 7. The maximum absolute atomic E-state index is 11.8. The average Bonchev–Trinajstić information content (AvgIpc) is 3.53. The van der Waals surface area contributed by atoms with E-state index in [4.69, 9.17) is 4.98 Å². The van der Waals surface area contributed by atoms with Crippen molar-refractivity contribution in [3.63, 3.8) is 0 Å². The van der Waals surface area contributed by atoms with Gasteiger partial charge in [-0.3, -0.25) is 4.79 Å². The summed E-state index contributed by atoms with van der Waals surface area (Å²) < 4.78 is 2.35. The lowest BCUT2D eigenvalue weighted by atomic mass is 9.91. The molecule has 2 saturated heterocycles. The number of imidazole rings is 1. The third-order valence-electron chi connectivity index (χ3n) is 7.69. The van der Waals surface area contributed by atoms with Crippen LogP contribution in [0, 0.1) is 0 Å². The van der Waals surface area contributed by atoms with Crippen molar-refractivity contribution in [3.05, 3.63) is 29.6 Å². The Morgan fingerprint density at radius 3 is 2.59 bits per heavy atom. The highest BCUT2D eigenvalue weighted by molar-refractivity contribution is 5.93. The minimum Gasteiger partial charge on any atom is -0.395 e. The molecule has 2 fully saturated rings. The van der Waals surface area contributed by atoms with Crippen LogP contribution in [0.5, 0.6) is 0 Å². The van der Waals surface area contributed by atoms with Crippen molar-refractivity contribution in [3.8, 4) is 0 Å². The zero-order chi connectivity index (χ0) is 23.7. The van der Waals surface area contributed by atoms with Crippen LogP contribution in [0.3, 0.4) is 0 Å². The number of carbonyl (C=O) groups excluding carboxylic acids is 1. The molecule has 0 saturated carbocycles. The number of hydrogen-bond acceptors (Lipinski definition) is 7. The normalized spacial score (nSPS) is 20.0. The minimum atomic E-state index is -0.348. The number of piperidine rings is 1. The van der Waals surface area contributed by atoms with Gasteiger partial charge in [-0.25, -0.2) is 15.0 Å². The molecule has 0 atom stereocenters. The number of nitrogens with one attached hydrogen (secondary N) is 1. The lowest BCUT2D eigenvalue weighted by Crippen LogP contribution is -2.36. The van der Waals surface area contributed by atoms with E-state index in [1.54, 1.807) is 6.33 Å². The number of hydrogen-bond donors (Lipinski definition) is 2. The summed E-state index contributed by atoms with van der Waals surface area (Å²) in [5, 5.41) is 12.8. The molecule has 3 aliphatic heterocycles. The van der Waals surface area contributed by atoms with Crippen LogP contribution in [0.15, 0.2) is 12.5 Å². The van der Waals surface area contributed by atoms with Gasteiger partial charge in [0.2, 0.25) is 5.91 Å². The van der Waals surface area contributed by atoms with Crippen LogP contribution < -0.4 is 10.2 Å². The Labute approximate surface area is 201 Å². The number of anilines is 2. The number of aliphatic hydroxyl groups excluding tert-OH is 1. The fourth-order valence-electron chi connectivity index (χ4n) is 5.39. The Kier molecular flexibility index (Phi) is 6.57. The van der Waals surface area contributed by atoms with E-state index in [1.165, 1.54) is 25.9 Å². The maximum Gasteiger partial charge on any atom is 0.225 e. The molecule has 184 valence electrons. The molecule has 3 aliphatic rings. The van der Waals surface area contributed by atoms with Gasteiger partial charge in [0.05, 0.1) is 12.3 Å². The largest absolute Gasteiger partial charge is 0.395 e. The van der Waals surface area contributed by atoms with Gasteiger partial charge in [-0.05, 0) is 45.2 Å². The van der Waals surface area contributed by atoms with Gasteiger partial charge in [0.25, 0.3) is 0 Å². The van der Waals surface area contributed by atoms with Crippen molar-refractivity contribution < 1.29 is 9.90 Å². The zero-order valence-corrected chi connectivity index (χ0v) is 20.5. The SMILES string of the molecule is CC(C)(CO)c1cn(CCN2CCCC2)c(C2CCN(c3ncnc4c3CCC(=O)N4)CC2)n1. The minimum absolute atomic E-state index is 0.0261. The van der Waals surface area contributed by atoms with E-state index in [1.807, 2.05) is 0 Å². The van der Waals surface area contributed by atoms with Crippen LogP contribution in [0.2, 0.25) is 0 Å². The summed E-state index contributed by atoms with van der Waals surface area (Å²) in [4.78, 5) is 30.6. The van der Waals surface area contributed by atoms with Crippen molar-refractivity contribution in [1.82, 2.24) is 24.4 Å². The van der Waals surface area contributed by atoms with Gasteiger partial charge >= 0.3 is 0 Å². The Bertz CT molecular complexity index is 1020. The summed E-state index contributed by atoms with van der Waals surface area (Å²) in [6.07, 6.45) is 9.52. The average molecular weight is 468 g/mol. The van der Waals surface area contributed by atoms with Crippen LogP contribution in [0.4, 0.5) is 11.6 Å². The number of nitrogens with zero attached hydrogens (tertiary/aromatic N) is 6. The van der Waals surface area contributed by atoms with Crippen molar-refractivity contribution in [2.24, 2.45) is 0 Å². The van der Waals surface area contributed by atoms with Gasteiger partial charge in [0.15, 0.2) is 0 Å². The monoisotopic (exact) mass is 467 g/mol. The smallest absolute Gasteiger partial charge is 0.225 e. The number of aromatic nitrogens is 4. The molecular formula is C25H37N7O2. The number of fused-ring (bicyclic) bond motifs is 1. The molecular weight excluding hydrogens is 430 g/mol. The molecule has 9 nitrogen and oxygen atoms in total. The number of likely N-dealkylation sites (tertiary alicyclic amines) is 1. The molecule has 0 bridgehead atoms. The third-order valence-corrected chi connectivity index (χ3v) is 7.69. The van der Waals surface area contributed by atoms with Gasteiger partial charge < -0.3 is 24.8 Å². The molecule has 2 aromatic rings. The first-order valence-corrected chi connectivity index (χ1v) is 12.7. The molecule has 0 unspecified atom stereocenters. The molecule has 2 aromatic heterocycles. The summed E-state index contributed by atoms with van der Waals surface area (Å²) in [6.45, 7) is 10.4. The van der Waals surface area contributed by atoms with Crippen molar-refractivity contribution >= 4 is 17.5 Å². The van der Waals surface area contributed by atoms with Gasteiger partial charge in [0, 0.05) is 55.7 Å². The van der Waals surface area contributed by atoms with Gasteiger partial charge in [0.1, 0.15) is 23.8 Å². The quantitative estimate of drug-likeness (QED) is 0.645. The predicted molar refractivity (Wildman–Crippen MR) is 131 cm³/mol. The zero-order valence-electron chi connectivity index (χ0n) is 20.5. The Hall–Kier alpha value is -2.52. The van der Waals surface area contributed by atoms with Crippen LogP contribution in [0.1, 0.15) is 69.0 Å². The second kappa shape index (κ2) is 9.62. The molecule has 5 rings (SSSR count). The first-order valence-electron chi connectivity index (χ1n) is 12.7. The van der Waals surface area contributed by atoms with E-state index in [0.29, 0.717) is 24.6 Å². The molecule has 5 heterocycles. The highest BCUT2D eigenvalue weighted by Gasteiger charge is 2.31. The van der Waals surface area contributed by atoms with Crippen molar-refractivity contribution in [2.75, 3.05) is 49.5 Å². The second-order valence-electron chi connectivity index (χ2n) is 10.6. The highest BCUT2D eigenvalue weighted by atomic mass is 16.3. The van der Waals surface area contributed by atoms with Crippen LogP contribution in [-0.2, 0) is 23.2 Å². The van der Waals surface area contributed by atoms with Crippen LogP contribution >= 0.6 is 0 Å². The molecule has 1 amide bonds. The van der Waals surface area contributed by atoms with E-state index >= 15 is 0 Å². The first kappa shape index (κ1) is 23.2. The van der Waals surface area contributed by atoms with Gasteiger partial charge in [-0.15, -0.1) is 0 Å². The van der Waals surface area contributed by atoms with Gasteiger partial charge in [-0.2, -0.15) is 0 Å². The fraction of sp³-hybridized carbons (Fsp3) is 0.680. The van der Waals surface area contributed by atoms with E-state index in [9.17, 15) is 9.90 Å². The van der Waals surface area contributed by atoms with Crippen molar-refractivity contribution in [2.45, 2.75) is 70.3 Å². The predicted octanol–water partition coefficient (Wildman–Crippen LogP) is 2.31. The topological polar surface area (TPSA) is 99.4 Å².